The van der Waals surface area contributed by atoms with Crippen LogP contribution in [0, 0.1) is 17.8 Å². The lowest BCUT2D eigenvalue weighted by Crippen LogP contribution is -2.41. The maximum atomic E-state index is 13.2. The largest absolute Gasteiger partial charge is 0.469 e. The van der Waals surface area contributed by atoms with Gasteiger partial charge in [0.15, 0.2) is 0 Å². The van der Waals surface area contributed by atoms with Crippen molar-refractivity contribution in [1.82, 2.24) is 0 Å². The third-order valence-corrected chi connectivity index (χ3v) is 6.79. The van der Waals surface area contributed by atoms with Gasteiger partial charge in [-0.3, -0.25) is 24.0 Å². The van der Waals surface area contributed by atoms with Gasteiger partial charge in [-0.15, -0.1) is 0 Å². The van der Waals surface area contributed by atoms with Crippen molar-refractivity contribution in [1.29, 1.82) is 0 Å². The quantitative estimate of drug-likeness (QED) is 0.0535. The first-order valence-corrected chi connectivity index (χ1v) is 15.2. The van der Waals surface area contributed by atoms with Crippen LogP contribution in [0.5, 0.6) is 0 Å². The first kappa shape index (κ1) is 41.6. The Morgan fingerprint density at radius 1 is 0.702 bits per heavy atom. The highest BCUT2D eigenvalue weighted by Gasteiger charge is 2.42. The molecule has 47 heavy (non-hydrogen) atoms. The molecule has 17 heteroatoms. The maximum Gasteiger partial charge on any atom is 0.348 e. The minimum Gasteiger partial charge on any atom is -0.469 e. The molecule has 2 N–H and O–H groups in total. The third-order valence-electron chi connectivity index (χ3n) is 6.79. The number of aliphatic hydroxyl groups is 2. The minimum atomic E-state index is -1.77. The molecule has 1 aliphatic heterocycles. The van der Waals surface area contributed by atoms with E-state index in [1.54, 1.807) is 0 Å². The normalized spacial score (nSPS) is 17.6. The summed E-state index contributed by atoms with van der Waals surface area (Å²) in [5.74, 6) is -11.3. The van der Waals surface area contributed by atoms with Crippen LogP contribution in [0.25, 0.3) is 0 Å². The molecular formula is C30H48O17. The van der Waals surface area contributed by atoms with E-state index in [2.05, 4.69) is 14.2 Å². The molecule has 7 atom stereocenters. The second kappa shape index (κ2) is 23.0. The molecule has 0 bridgehead atoms. The molecule has 1 heterocycles. The summed E-state index contributed by atoms with van der Waals surface area (Å²) in [6.45, 7) is 3.55. The van der Waals surface area contributed by atoms with E-state index in [0.29, 0.717) is 26.2 Å². The van der Waals surface area contributed by atoms with E-state index in [0.717, 1.165) is 40.8 Å². The monoisotopic (exact) mass is 680 g/mol. The lowest BCUT2D eigenvalue weighted by atomic mass is 9.86. The maximum absolute atomic E-state index is 13.2. The summed E-state index contributed by atoms with van der Waals surface area (Å²) in [4.78, 5) is 75.7. The zero-order chi connectivity index (χ0) is 35.4. The summed E-state index contributed by atoms with van der Waals surface area (Å²) in [5, 5.41) is 19.8. The molecule has 0 aromatic rings. The number of aliphatic hydroxyl groups excluding tert-OH is 2. The van der Waals surface area contributed by atoms with Gasteiger partial charge in [-0.25, -0.2) is 4.79 Å². The standard InChI is InChI=1S/C30H48O17/c1-18(31)13-45-28(36)23(12-25(34)47-26(30(38)41-5)19(2)27(35)40-4)22(11-24(33)39-3)29(37)46-15-20(32)14-42-9-7-6-8-10-43-16-21-17-44-21/h18-23,26,31-32H,6-17H2,1-5H3. The summed E-state index contributed by atoms with van der Waals surface area (Å²) in [5.41, 5.74) is 0. The highest BCUT2D eigenvalue weighted by atomic mass is 16.6. The van der Waals surface area contributed by atoms with Crippen LogP contribution in [0.2, 0.25) is 0 Å². The molecule has 0 spiro atoms. The number of esters is 6. The molecule has 0 aromatic carbocycles. The Morgan fingerprint density at radius 3 is 1.79 bits per heavy atom. The van der Waals surface area contributed by atoms with Crippen molar-refractivity contribution in [3.05, 3.63) is 0 Å². The molecule has 1 fully saturated rings. The van der Waals surface area contributed by atoms with E-state index in [-0.39, 0.29) is 12.7 Å². The molecular weight excluding hydrogens is 632 g/mol. The number of unbranched alkanes of at least 4 members (excludes halogenated alkanes) is 2. The van der Waals surface area contributed by atoms with Crippen molar-refractivity contribution in [2.24, 2.45) is 17.8 Å². The summed E-state index contributed by atoms with van der Waals surface area (Å²) >= 11 is 0. The van der Waals surface area contributed by atoms with Gasteiger partial charge in [0.2, 0.25) is 6.10 Å². The molecule has 270 valence electrons. The van der Waals surface area contributed by atoms with Crippen molar-refractivity contribution in [2.75, 3.05) is 67.6 Å². The first-order valence-electron chi connectivity index (χ1n) is 15.2. The van der Waals surface area contributed by atoms with Crippen LogP contribution < -0.4 is 0 Å². The third kappa shape index (κ3) is 17.4. The van der Waals surface area contributed by atoms with Crippen LogP contribution in [0.4, 0.5) is 0 Å². The molecule has 1 saturated heterocycles. The SMILES string of the molecule is COC(=O)CC(C(=O)OCC(O)COCCCCCOCC1CO1)C(CC(=O)OC(C(=O)OC)C(C)C(=O)OC)C(=O)OCC(C)O. The summed E-state index contributed by atoms with van der Waals surface area (Å²) in [7, 11) is 3.08. The van der Waals surface area contributed by atoms with Crippen LogP contribution in [-0.4, -0.2) is 138 Å². The van der Waals surface area contributed by atoms with Gasteiger partial charge < -0.3 is 52.8 Å². The van der Waals surface area contributed by atoms with Gasteiger partial charge >= 0.3 is 35.8 Å². The predicted octanol–water partition coefficient (Wildman–Crippen LogP) is -0.504. The number of epoxide rings is 1. The van der Waals surface area contributed by atoms with Crippen molar-refractivity contribution >= 4 is 35.8 Å². The van der Waals surface area contributed by atoms with E-state index in [4.69, 9.17) is 28.4 Å². The predicted molar refractivity (Wildman–Crippen MR) is 156 cm³/mol. The van der Waals surface area contributed by atoms with Gasteiger partial charge in [0, 0.05) is 13.2 Å². The topological polar surface area (TPSA) is 229 Å². The van der Waals surface area contributed by atoms with E-state index in [1.165, 1.54) is 13.8 Å². The molecule has 1 aliphatic rings. The molecule has 0 aliphatic carbocycles. The van der Waals surface area contributed by atoms with Crippen LogP contribution in [0.1, 0.15) is 46.0 Å². The first-order chi connectivity index (χ1) is 22.3. The van der Waals surface area contributed by atoms with E-state index < -0.39 is 97.9 Å². The van der Waals surface area contributed by atoms with Crippen molar-refractivity contribution in [3.63, 3.8) is 0 Å². The van der Waals surface area contributed by atoms with Crippen LogP contribution in [-0.2, 0) is 71.4 Å². The van der Waals surface area contributed by atoms with Gasteiger partial charge in [-0.2, -0.15) is 0 Å². The van der Waals surface area contributed by atoms with E-state index >= 15 is 0 Å². The van der Waals surface area contributed by atoms with Gasteiger partial charge in [-0.05, 0) is 33.1 Å². The minimum absolute atomic E-state index is 0.177. The molecule has 0 saturated carbocycles. The smallest absolute Gasteiger partial charge is 0.348 e. The Bertz CT molecular complexity index is 995. The van der Waals surface area contributed by atoms with E-state index in [1.807, 2.05) is 0 Å². The van der Waals surface area contributed by atoms with Gasteiger partial charge in [0.25, 0.3) is 0 Å². The summed E-state index contributed by atoms with van der Waals surface area (Å²) in [6.07, 6.45) is -3.24. The number of rotatable bonds is 25. The molecule has 0 aromatic heterocycles. The second-order valence-corrected chi connectivity index (χ2v) is 10.9. The molecule has 17 nitrogen and oxygen atoms in total. The zero-order valence-corrected chi connectivity index (χ0v) is 27.5. The van der Waals surface area contributed by atoms with Crippen molar-refractivity contribution < 1.29 is 81.6 Å². The van der Waals surface area contributed by atoms with E-state index in [9.17, 15) is 39.0 Å². The number of methoxy groups -OCH3 is 3. The van der Waals surface area contributed by atoms with Gasteiger partial charge in [0.1, 0.15) is 31.3 Å². The average molecular weight is 681 g/mol. The lowest BCUT2D eigenvalue weighted by Gasteiger charge is -2.25. The fourth-order valence-corrected chi connectivity index (χ4v) is 4.02. The Morgan fingerprint density at radius 2 is 1.26 bits per heavy atom. The molecule has 0 radical (unpaired) electrons. The average Bonchev–Trinajstić information content (AvgIpc) is 3.88. The Hall–Kier alpha value is -3.38. The number of hydrogen-bond donors (Lipinski definition) is 2. The highest BCUT2D eigenvalue weighted by molar-refractivity contribution is 5.90. The van der Waals surface area contributed by atoms with Gasteiger partial charge in [-0.1, -0.05) is 0 Å². The summed E-state index contributed by atoms with van der Waals surface area (Å²) < 4.78 is 45.1. The number of carbonyl (C=O) groups excluding carboxylic acids is 6. The van der Waals surface area contributed by atoms with Crippen LogP contribution >= 0.6 is 0 Å². The van der Waals surface area contributed by atoms with Gasteiger partial charge in [0.05, 0.1) is 71.9 Å². The Balaban J connectivity index is 2.88. The zero-order valence-electron chi connectivity index (χ0n) is 27.5. The number of hydrogen-bond acceptors (Lipinski definition) is 17. The second-order valence-electron chi connectivity index (χ2n) is 10.9. The van der Waals surface area contributed by atoms with Crippen LogP contribution in [0.3, 0.4) is 0 Å². The number of carbonyl (C=O) groups is 6. The molecule has 7 unspecified atom stereocenters. The summed E-state index contributed by atoms with van der Waals surface area (Å²) in [6, 6.07) is 0. The number of ether oxygens (including phenoxy) is 9. The van der Waals surface area contributed by atoms with Crippen molar-refractivity contribution in [3.8, 4) is 0 Å². The van der Waals surface area contributed by atoms with Crippen molar-refractivity contribution in [2.45, 2.75) is 70.4 Å². The Labute approximate surface area is 273 Å². The molecule has 0 amide bonds. The fraction of sp³-hybridized carbons (Fsp3) is 0.800. The highest BCUT2D eigenvalue weighted by Crippen LogP contribution is 2.26. The fourth-order valence-electron chi connectivity index (χ4n) is 4.02. The van der Waals surface area contributed by atoms with Crippen LogP contribution in [0.15, 0.2) is 0 Å². The molecule has 1 rings (SSSR count). The Kier molecular flexibility index (Phi) is 20.4. The lowest BCUT2D eigenvalue weighted by molar-refractivity contribution is -0.178.